The molecular weight excluding hydrogens is 374 g/mol. The molecule has 28 heavy (non-hydrogen) atoms. The topological polar surface area (TPSA) is 81.8 Å². The second-order valence-corrected chi connectivity index (χ2v) is 10.1. The van der Waals surface area contributed by atoms with E-state index in [4.69, 9.17) is 4.98 Å². The molecule has 150 valence electrons. The first kappa shape index (κ1) is 20.4. The molecule has 2 heterocycles. The van der Waals surface area contributed by atoms with Gasteiger partial charge in [0.05, 0.1) is 26.6 Å². The van der Waals surface area contributed by atoms with Gasteiger partial charge in [-0.15, -0.1) is 0 Å². The summed E-state index contributed by atoms with van der Waals surface area (Å²) < 4.78 is 18.6. The first-order valence-electron chi connectivity index (χ1n) is 9.18. The molecule has 2 aromatic heterocycles. The molecule has 1 unspecified atom stereocenters. The predicted molar refractivity (Wildman–Crippen MR) is 113 cm³/mol. The fraction of sp³-hybridized carbons (Fsp3) is 0.450. The van der Waals surface area contributed by atoms with Gasteiger partial charge < -0.3 is 0 Å². The Morgan fingerprint density at radius 1 is 1.21 bits per heavy atom. The molecule has 3 rings (SSSR count). The Morgan fingerprint density at radius 2 is 1.89 bits per heavy atom. The molecule has 0 spiro atoms. The number of fused-ring (bicyclic) bond motifs is 1. The molecule has 0 saturated heterocycles. The van der Waals surface area contributed by atoms with Gasteiger partial charge in [-0.2, -0.15) is 5.10 Å². The molecule has 2 atom stereocenters. The van der Waals surface area contributed by atoms with Crippen molar-refractivity contribution in [3.05, 3.63) is 45.9 Å². The zero-order chi connectivity index (χ0) is 20.8. The zero-order valence-corrected chi connectivity index (χ0v) is 18.2. The summed E-state index contributed by atoms with van der Waals surface area (Å²) in [5.41, 5.74) is 3.08. The molecule has 7 nitrogen and oxygen atoms in total. The lowest BCUT2D eigenvalue weighted by Gasteiger charge is -2.23. The van der Waals surface area contributed by atoms with Crippen LogP contribution in [0.25, 0.3) is 22.4 Å². The van der Waals surface area contributed by atoms with Gasteiger partial charge in [-0.1, -0.05) is 6.07 Å². The van der Waals surface area contributed by atoms with Gasteiger partial charge in [0, 0.05) is 26.3 Å². The molecule has 3 aromatic rings. The molecule has 1 N–H and O–H groups in total. The largest absolute Gasteiger partial charge is 0.294 e. The Bertz CT molecular complexity index is 1120. The van der Waals surface area contributed by atoms with Gasteiger partial charge in [0.2, 0.25) is 0 Å². The van der Waals surface area contributed by atoms with E-state index in [1.807, 2.05) is 59.9 Å². The fourth-order valence-corrected chi connectivity index (χ4v) is 3.91. The van der Waals surface area contributed by atoms with E-state index in [-0.39, 0.29) is 11.6 Å². The monoisotopic (exact) mass is 401 g/mol. The van der Waals surface area contributed by atoms with Crippen LogP contribution in [0.1, 0.15) is 44.9 Å². The third-order valence-corrected chi connectivity index (χ3v) is 6.39. The first-order valence-corrected chi connectivity index (χ1v) is 10.3. The maximum absolute atomic E-state index is 13.1. The highest BCUT2D eigenvalue weighted by molar-refractivity contribution is 7.84. The van der Waals surface area contributed by atoms with Gasteiger partial charge in [0.1, 0.15) is 5.69 Å². The van der Waals surface area contributed by atoms with E-state index < -0.39 is 15.7 Å². The summed E-state index contributed by atoms with van der Waals surface area (Å²) in [6.45, 7) is 9.66. The van der Waals surface area contributed by atoms with Gasteiger partial charge in [0.25, 0.3) is 5.56 Å². The molecule has 0 amide bonds. The second kappa shape index (κ2) is 7.25. The molecule has 1 aromatic carbocycles. The zero-order valence-electron chi connectivity index (χ0n) is 17.4. The van der Waals surface area contributed by atoms with Crippen molar-refractivity contribution < 1.29 is 4.21 Å². The highest BCUT2D eigenvalue weighted by Crippen LogP contribution is 2.26. The summed E-state index contributed by atoms with van der Waals surface area (Å²) >= 11 is 0. The third kappa shape index (κ3) is 3.66. The van der Waals surface area contributed by atoms with E-state index in [0.29, 0.717) is 16.7 Å². The lowest BCUT2D eigenvalue weighted by Crippen LogP contribution is -2.35. The minimum atomic E-state index is -1.24. The highest BCUT2D eigenvalue weighted by atomic mass is 32.2. The summed E-state index contributed by atoms with van der Waals surface area (Å²) in [5.74, 6) is 0.548. The van der Waals surface area contributed by atoms with Crippen LogP contribution in [0, 0.1) is 6.92 Å². The van der Waals surface area contributed by atoms with Crippen molar-refractivity contribution >= 4 is 21.9 Å². The third-order valence-electron chi connectivity index (χ3n) is 4.71. The van der Waals surface area contributed by atoms with Crippen molar-refractivity contribution in [2.24, 2.45) is 14.1 Å². The molecule has 0 saturated carbocycles. The second-order valence-electron chi connectivity index (χ2n) is 8.11. The van der Waals surface area contributed by atoms with Crippen LogP contribution in [0.15, 0.2) is 29.2 Å². The molecule has 8 heteroatoms. The number of aromatic nitrogens is 4. The minimum Gasteiger partial charge on any atom is -0.294 e. The summed E-state index contributed by atoms with van der Waals surface area (Å²) in [5, 5.41) is 4.74. The average Bonchev–Trinajstić information content (AvgIpc) is 3.02. The molecule has 0 aliphatic rings. The van der Waals surface area contributed by atoms with Crippen molar-refractivity contribution in [2.75, 3.05) is 0 Å². The van der Waals surface area contributed by atoms with Gasteiger partial charge >= 0.3 is 0 Å². The minimum absolute atomic E-state index is 0.115. The SMILES string of the molecule is Cc1cc([C@@H](C)NS(=O)C(C)(C)C)c2nc(-c3ccnn3C)n(C)c(=O)c2c1. The van der Waals surface area contributed by atoms with Crippen LogP contribution in [0.4, 0.5) is 0 Å². The normalized spacial score (nSPS) is 14.4. The van der Waals surface area contributed by atoms with Crippen LogP contribution in [0.5, 0.6) is 0 Å². The summed E-state index contributed by atoms with van der Waals surface area (Å²) in [7, 11) is 2.29. The maximum atomic E-state index is 13.1. The van der Waals surface area contributed by atoms with Gasteiger partial charge in [-0.25, -0.2) is 13.9 Å². The number of nitrogens with one attached hydrogen (secondary N) is 1. The van der Waals surface area contributed by atoms with E-state index in [2.05, 4.69) is 9.82 Å². The average molecular weight is 402 g/mol. The lowest BCUT2D eigenvalue weighted by atomic mass is 10.0. The number of hydrogen-bond acceptors (Lipinski definition) is 4. The van der Waals surface area contributed by atoms with E-state index in [9.17, 15) is 9.00 Å². The Balaban J connectivity index is 2.23. The molecule has 0 aliphatic carbocycles. The van der Waals surface area contributed by atoms with Gasteiger partial charge in [-0.05, 0) is 57.9 Å². The van der Waals surface area contributed by atoms with Crippen LogP contribution in [-0.2, 0) is 25.1 Å². The first-order chi connectivity index (χ1) is 13.0. The highest BCUT2D eigenvalue weighted by Gasteiger charge is 2.24. The Morgan fingerprint density at radius 3 is 2.46 bits per heavy atom. The predicted octanol–water partition coefficient (Wildman–Crippen LogP) is 2.76. The Labute approximate surface area is 167 Å². The smallest absolute Gasteiger partial charge is 0.261 e. The van der Waals surface area contributed by atoms with Crippen molar-refractivity contribution in [1.82, 2.24) is 24.1 Å². The molecule has 0 fully saturated rings. The van der Waals surface area contributed by atoms with Crippen molar-refractivity contribution in [3.63, 3.8) is 0 Å². The van der Waals surface area contributed by atoms with Crippen LogP contribution >= 0.6 is 0 Å². The molecule has 0 radical (unpaired) electrons. The molecule has 0 bridgehead atoms. The van der Waals surface area contributed by atoms with E-state index in [1.54, 1.807) is 22.5 Å². The molecule has 0 aliphatic heterocycles. The molecular formula is C20H27N5O2S. The fourth-order valence-electron chi connectivity index (χ4n) is 3.11. The number of nitrogens with zero attached hydrogens (tertiary/aromatic N) is 4. The van der Waals surface area contributed by atoms with Crippen LogP contribution in [0.3, 0.4) is 0 Å². The van der Waals surface area contributed by atoms with E-state index in [0.717, 1.165) is 16.8 Å². The van der Waals surface area contributed by atoms with E-state index in [1.165, 1.54) is 0 Å². The summed E-state index contributed by atoms with van der Waals surface area (Å²) in [6, 6.07) is 5.45. The van der Waals surface area contributed by atoms with Gasteiger partial charge in [-0.3, -0.25) is 14.0 Å². The Kier molecular flexibility index (Phi) is 5.29. The van der Waals surface area contributed by atoms with Crippen molar-refractivity contribution in [1.29, 1.82) is 0 Å². The van der Waals surface area contributed by atoms with Crippen LogP contribution in [0.2, 0.25) is 0 Å². The standard InChI is InChI=1S/C20H27N5O2S/c1-12-10-14(13(2)23-28(27)20(3,4)5)17-15(11-12)19(26)24(6)18(22-17)16-8-9-21-25(16)7/h8-11,13,23H,1-7H3/t13-,28?/m1/s1. The van der Waals surface area contributed by atoms with E-state index >= 15 is 0 Å². The summed E-state index contributed by atoms with van der Waals surface area (Å²) in [4.78, 5) is 17.9. The van der Waals surface area contributed by atoms with Crippen LogP contribution in [-0.4, -0.2) is 28.3 Å². The van der Waals surface area contributed by atoms with Crippen molar-refractivity contribution in [3.8, 4) is 11.5 Å². The van der Waals surface area contributed by atoms with Gasteiger partial charge in [0.15, 0.2) is 5.82 Å². The lowest BCUT2D eigenvalue weighted by molar-refractivity contribution is 0.617. The number of aryl methyl sites for hydroxylation is 2. The number of benzene rings is 1. The van der Waals surface area contributed by atoms with Crippen LogP contribution < -0.4 is 10.3 Å². The number of rotatable bonds is 4. The maximum Gasteiger partial charge on any atom is 0.261 e. The van der Waals surface area contributed by atoms with Crippen molar-refractivity contribution in [2.45, 2.75) is 45.4 Å². The number of hydrogen-bond donors (Lipinski definition) is 1. The quantitative estimate of drug-likeness (QED) is 0.729. The Hall–Kier alpha value is -2.32. The summed E-state index contributed by atoms with van der Waals surface area (Å²) in [6.07, 6.45) is 1.68.